The zero-order valence-electron chi connectivity index (χ0n) is 10.5. The molecule has 2 aromatic heterocycles. The summed E-state index contributed by atoms with van der Waals surface area (Å²) in [6.07, 6.45) is 2.63. The number of carbonyl (C=O) groups is 1. The van der Waals surface area contributed by atoms with Gasteiger partial charge in [0.15, 0.2) is 10.9 Å². The Hall–Kier alpha value is -1.46. The number of Topliss-reactive ketones (excluding diaryl/α,β-unsaturated/α-hetero) is 1. The second-order valence-corrected chi connectivity index (χ2v) is 5.17. The normalized spacial score (nSPS) is 10.4. The minimum atomic E-state index is -0.137. The van der Waals surface area contributed by atoms with E-state index in [1.807, 2.05) is 30.1 Å². The number of hydrogen-bond donors (Lipinski definition) is 0. The number of alkyl halides is 1. The molecular formula is C13H14ClN3OS. The van der Waals surface area contributed by atoms with E-state index in [-0.39, 0.29) is 11.7 Å². The van der Waals surface area contributed by atoms with Crippen LogP contribution in [0.3, 0.4) is 0 Å². The van der Waals surface area contributed by atoms with Crippen molar-refractivity contribution in [3.05, 3.63) is 41.2 Å². The van der Waals surface area contributed by atoms with E-state index in [1.54, 1.807) is 11.6 Å². The maximum Gasteiger partial charge on any atom is 0.196 e. The van der Waals surface area contributed by atoms with Gasteiger partial charge in [-0.25, -0.2) is 4.98 Å². The lowest BCUT2D eigenvalue weighted by Gasteiger charge is -2.14. The molecule has 100 valence electrons. The first-order valence-corrected chi connectivity index (χ1v) is 7.28. The topological polar surface area (TPSA) is 46.1 Å². The summed E-state index contributed by atoms with van der Waals surface area (Å²) in [6, 6.07) is 5.87. The minimum absolute atomic E-state index is 0.0270. The predicted octanol–water partition coefficient (Wildman–Crippen LogP) is 2.64. The maximum atomic E-state index is 11.4. The Morgan fingerprint density at radius 2 is 2.32 bits per heavy atom. The minimum Gasteiger partial charge on any atom is -0.351 e. The fourth-order valence-corrected chi connectivity index (χ4v) is 2.52. The van der Waals surface area contributed by atoms with Crippen molar-refractivity contribution in [1.82, 2.24) is 9.97 Å². The van der Waals surface area contributed by atoms with Gasteiger partial charge in [-0.15, -0.1) is 22.9 Å². The van der Waals surface area contributed by atoms with E-state index in [1.165, 1.54) is 11.3 Å². The first-order valence-electron chi connectivity index (χ1n) is 5.86. The van der Waals surface area contributed by atoms with Crippen molar-refractivity contribution in [2.75, 3.05) is 24.4 Å². The Morgan fingerprint density at radius 3 is 3.00 bits per heavy atom. The van der Waals surface area contributed by atoms with Crippen molar-refractivity contribution in [2.45, 2.75) is 6.42 Å². The molecule has 0 aliphatic rings. The lowest BCUT2D eigenvalue weighted by Crippen LogP contribution is -2.20. The molecule has 0 unspecified atom stereocenters. The van der Waals surface area contributed by atoms with Crippen LogP contribution < -0.4 is 4.90 Å². The molecule has 2 rings (SSSR count). The van der Waals surface area contributed by atoms with Crippen LogP contribution in [-0.2, 0) is 6.42 Å². The summed E-state index contributed by atoms with van der Waals surface area (Å²) < 4.78 is 0. The molecule has 0 saturated heterocycles. The number of carbonyl (C=O) groups excluding carboxylic acids is 1. The largest absolute Gasteiger partial charge is 0.351 e. The van der Waals surface area contributed by atoms with E-state index in [2.05, 4.69) is 9.97 Å². The van der Waals surface area contributed by atoms with Crippen LogP contribution in [0.2, 0.25) is 0 Å². The fourth-order valence-electron chi connectivity index (χ4n) is 1.56. The fraction of sp³-hybridized carbons (Fsp3) is 0.308. The summed E-state index contributed by atoms with van der Waals surface area (Å²) in [5.74, 6) is -0.164. The molecule has 6 heteroatoms. The van der Waals surface area contributed by atoms with E-state index in [4.69, 9.17) is 11.6 Å². The Bertz CT molecular complexity index is 544. The van der Waals surface area contributed by atoms with Crippen LogP contribution in [0.4, 0.5) is 5.13 Å². The molecule has 0 amide bonds. The number of anilines is 1. The number of likely N-dealkylation sites (N-methyl/N-ethyl adjacent to an activating group) is 1. The summed E-state index contributed by atoms with van der Waals surface area (Å²) in [4.78, 5) is 22.0. The lowest BCUT2D eigenvalue weighted by atomic mass is 10.2. The Balaban J connectivity index is 1.94. The molecule has 0 radical (unpaired) electrons. The summed E-state index contributed by atoms with van der Waals surface area (Å²) in [5, 5.41) is 2.57. The van der Waals surface area contributed by atoms with E-state index in [0.717, 1.165) is 23.8 Å². The van der Waals surface area contributed by atoms with Crippen LogP contribution in [0.5, 0.6) is 0 Å². The zero-order chi connectivity index (χ0) is 13.7. The van der Waals surface area contributed by atoms with E-state index in [9.17, 15) is 4.79 Å². The molecule has 0 atom stereocenters. The summed E-state index contributed by atoms with van der Waals surface area (Å²) in [5.41, 5.74) is 1.49. The van der Waals surface area contributed by atoms with Gasteiger partial charge in [0, 0.05) is 37.3 Å². The molecule has 0 fully saturated rings. The van der Waals surface area contributed by atoms with Crippen molar-refractivity contribution >= 4 is 33.9 Å². The molecule has 0 spiro atoms. The molecular weight excluding hydrogens is 282 g/mol. The van der Waals surface area contributed by atoms with Crippen LogP contribution in [0.25, 0.3) is 0 Å². The van der Waals surface area contributed by atoms with E-state index >= 15 is 0 Å². The van der Waals surface area contributed by atoms with Gasteiger partial charge in [0.05, 0.1) is 5.88 Å². The van der Waals surface area contributed by atoms with E-state index in [0.29, 0.717) is 5.69 Å². The van der Waals surface area contributed by atoms with Crippen molar-refractivity contribution in [2.24, 2.45) is 0 Å². The SMILES string of the molecule is CN(CCc1ccccn1)c1nc(C(=O)CCl)cs1. The summed E-state index contributed by atoms with van der Waals surface area (Å²) >= 11 is 6.96. The summed E-state index contributed by atoms with van der Waals surface area (Å²) in [6.45, 7) is 0.805. The molecule has 2 heterocycles. The first kappa shape index (κ1) is 14.0. The smallest absolute Gasteiger partial charge is 0.196 e. The van der Waals surface area contributed by atoms with Crippen molar-refractivity contribution in [3.8, 4) is 0 Å². The molecule has 0 aliphatic carbocycles. The average Bonchev–Trinajstić information content (AvgIpc) is 2.95. The van der Waals surface area contributed by atoms with Crippen molar-refractivity contribution in [1.29, 1.82) is 0 Å². The number of hydrogen-bond acceptors (Lipinski definition) is 5. The van der Waals surface area contributed by atoms with Gasteiger partial charge in [0.1, 0.15) is 5.69 Å². The average molecular weight is 296 g/mol. The van der Waals surface area contributed by atoms with Crippen LogP contribution >= 0.6 is 22.9 Å². The third-order valence-electron chi connectivity index (χ3n) is 2.66. The highest BCUT2D eigenvalue weighted by Crippen LogP contribution is 2.20. The Kier molecular flexibility index (Phi) is 4.87. The number of pyridine rings is 1. The van der Waals surface area contributed by atoms with Gasteiger partial charge in [0.2, 0.25) is 0 Å². The standard InChI is InChI=1S/C13H14ClN3OS/c1-17(7-5-10-4-2-3-6-15-10)13-16-11(9-19-13)12(18)8-14/h2-4,6,9H,5,7-8H2,1H3. The van der Waals surface area contributed by atoms with Gasteiger partial charge in [-0.1, -0.05) is 6.07 Å². The Morgan fingerprint density at radius 1 is 1.47 bits per heavy atom. The highest BCUT2D eigenvalue weighted by molar-refractivity contribution is 7.13. The molecule has 0 aliphatic heterocycles. The molecule has 0 aromatic carbocycles. The molecule has 2 aromatic rings. The monoisotopic (exact) mass is 295 g/mol. The van der Waals surface area contributed by atoms with Gasteiger partial charge in [-0.05, 0) is 12.1 Å². The van der Waals surface area contributed by atoms with Crippen LogP contribution in [0, 0.1) is 0 Å². The van der Waals surface area contributed by atoms with Crippen LogP contribution in [-0.4, -0.2) is 35.2 Å². The molecule has 0 saturated carbocycles. The number of aromatic nitrogens is 2. The highest BCUT2D eigenvalue weighted by Gasteiger charge is 2.12. The number of nitrogens with zero attached hydrogens (tertiary/aromatic N) is 3. The molecule has 0 bridgehead atoms. The lowest BCUT2D eigenvalue weighted by molar-refractivity contribution is 0.101. The maximum absolute atomic E-state index is 11.4. The highest BCUT2D eigenvalue weighted by atomic mass is 35.5. The van der Waals surface area contributed by atoms with E-state index < -0.39 is 0 Å². The third-order valence-corrected chi connectivity index (χ3v) is 3.85. The number of thiazole rings is 1. The van der Waals surface area contributed by atoms with Gasteiger partial charge in [-0.2, -0.15) is 0 Å². The molecule has 19 heavy (non-hydrogen) atoms. The van der Waals surface area contributed by atoms with Gasteiger partial charge in [0.25, 0.3) is 0 Å². The number of halogens is 1. The Labute approximate surface area is 121 Å². The van der Waals surface area contributed by atoms with Crippen molar-refractivity contribution in [3.63, 3.8) is 0 Å². The second-order valence-electron chi connectivity index (χ2n) is 4.06. The molecule has 0 N–H and O–H groups in total. The second kappa shape index (κ2) is 6.63. The zero-order valence-corrected chi connectivity index (χ0v) is 12.1. The van der Waals surface area contributed by atoms with Crippen LogP contribution in [0.15, 0.2) is 29.8 Å². The van der Waals surface area contributed by atoms with Gasteiger partial charge >= 0.3 is 0 Å². The third kappa shape index (κ3) is 3.75. The van der Waals surface area contributed by atoms with Gasteiger partial charge in [-0.3, -0.25) is 9.78 Å². The molecule has 4 nitrogen and oxygen atoms in total. The first-order chi connectivity index (χ1) is 9.20. The number of ketones is 1. The summed E-state index contributed by atoms with van der Waals surface area (Å²) in [7, 11) is 1.96. The number of rotatable bonds is 6. The van der Waals surface area contributed by atoms with Gasteiger partial charge < -0.3 is 4.90 Å². The van der Waals surface area contributed by atoms with Crippen molar-refractivity contribution < 1.29 is 4.79 Å². The predicted molar refractivity (Wildman–Crippen MR) is 78.4 cm³/mol. The quantitative estimate of drug-likeness (QED) is 0.607. The van der Waals surface area contributed by atoms with Crippen LogP contribution in [0.1, 0.15) is 16.2 Å².